The molecule has 98 valence electrons. The lowest BCUT2D eigenvalue weighted by Crippen LogP contribution is -2.36. The molecule has 0 saturated carbocycles. The number of nitrogens with zero attached hydrogens (tertiary/aromatic N) is 2. The molecule has 0 radical (unpaired) electrons. The van der Waals surface area contributed by atoms with Crippen LogP contribution in [0, 0.1) is 10.1 Å². The van der Waals surface area contributed by atoms with E-state index in [4.69, 9.17) is 4.74 Å². The number of benzene rings is 1. The summed E-state index contributed by atoms with van der Waals surface area (Å²) in [7, 11) is 0. The lowest BCUT2D eigenvalue weighted by Gasteiger charge is -2.28. The van der Waals surface area contributed by atoms with Gasteiger partial charge in [0.2, 0.25) is 0 Å². The van der Waals surface area contributed by atoms with Crippen molar-refractivity contribution in [3.63, 3.8) is 0 Å². The molecule has 0 unspecified atom stereocenters. The topological polar surface area (TPSA) is 75.8 Å². The zero-order chi connectivity index (χ0) is 13.1. The average Bonchev–Trinajstić information content (AvgIpc) is 2.39. The largest absolute Gasteiger partial charge is 0.389 e. The average molecular weight is 252 g/mol. The molecule has 0 bridgehead atoms. The van der Waals surface area contributed by atoms with Gasteiger partial charge in [-0.1, -0.05) is 6.07 Å². The molecule has 0 amide bonds. The highest BCUT2D eigenvalue weighted by Crippen LogP contribution is 2.31. The Labute approximate surface area is 105 Å². The third-order valence-corrected chi connectivity index (χ3v) is 3.03. The summed E-state index contributed by atoms with van der Waals surface area (Å²) >= 11 is 0. The fraction of sp³-hybridized carbons (Fsp3) is 0.500. The molecular weight excluding hydrogens is 236 g/mol. The highest BCUT2D eigenvalue weighted by Gasteiger charge is 2.22. The van der Waals surface area contributed by atoms with E-state index < -0.39 is 11.0 Å². The van der Waals surface area contributed by atoms with Crippen molar-refractivity contribution in [3.8, 4) is 0 Å². The van der Waals surface area contributed by atoms with Crippen LogP contribution >= 0.6 is 0 Å². The second kappa shape index (κ2) is 5.32. The van der Waals surface area contributed by atoms with E-state index >= 15 is 0 Å². The van der Waals surface area contributed by atoms with Crippen molar-refractivity contribution < 1.29 is 14.8 Å². The second-order valence-corrected chi connectivity index (χ2v) is 4.28. The Morgan fingerprint density at radius 3 is 2.67 bits per heavy atom. The molecular formula is C12H16N2O4. The van der Waals surface area contributed by atoms with E-state index in [1.807, 2.05) is 4.90 Å². The van der Waals surface area contributed by atoms with Gasteiger partial charge in [-0.15, -0.1) is 0 Å². The molecule has 6 heteroatoms. The Balaban J connectivity index is 2.36. The van der Waals surface area contributed by atoms with Crippen molar-refractivity contribution in [2.24, 2.45) is 0 Å². The van der Waals surface area contributed by atoms with Gasteiger partial charge in [-0.25, -0.2) is 0 Å². The van der Waals surface area contributed by atoms with Crippen molar-refractivity contribution in [3.05, 3.63) is 33.9 Å². The highest BCUT2D eigenvalue weighted by molar-refractivity contribution is 5.64. The number of aliphatic hydroxyl groups is 1. The third kappa shape index (κ3) is 2.60. The van der Waals surface area contributed by atoms with Crippen LogP contribution in [0.25, 0.3) is 0 Å². The first-order valence-electron chi connectivity index (χ1n) is 5.88. The van der Waals surface area contributed by atoms with Gasteiger partial charge in [0, 0.05) is 19.2 Å². The predicted molar refractivity (Wildman–Crippen MR) is 66.8 cm³/mol. The summed E-state index contributed by atoms with van der Waals surface area (Å²) < 4.78 is 5.23. The number of anilines is 1. The number of rotatable bonds is 3. The summed E-state index contributed by atoms with van der Waals surface area (Å²) in [4.78, 5) is 12.6. The summed E-state index contributed by atoms with van der Waals surface area (Å²) in [5.41, 5.74) is 1.18. The Bertz CT molecular complexity index is 442. The molecule has 1 heterocycles. The van der Waals surface area contributed by atoms with Gasteiger partial charge in [0.05, 0.1) is 24.2 Å². The minimum atomic E-state index is -0.706. The second-order valence-electron chi connectivity index (χ2n) is 4.28. The lowest BCUT2D eigenvalue weighted by atomic mass is 10.1. The van der Waals surface area contributed by atoms with Crippen LogP contribution in [0.4, 0.5) is 11.4 Å². The fourth-order valence-electron chi connectivity index (χ4n) is 2.02. The normalized spacial score (nSPS) is 17.6. The number of nitro benzene ring substituents is 1. The monoisotopic (exact) mass is 252 g/mol. The molecule has 1 aromatic carbocycles. The maximum Gasteiger partial charge on any atom is 0.292 e. The first-order chi connectivity index (χ1) is 8.59. The highest BCUT2D eigenvalue weighted by atomic mass is 16.6. The Morgan fingerprint density at radius 1 is 1.44 bits per heavy atom. The summed E-state index contributed by atoms with van der Waals surface area (Å²) in [6.45, 7) is 4.04. The van der Waals surface area contributed by atoms with Crippen molar-refractivity contribution in [1.82, 2.24) is 0 Å². The first-order valence-corrected chi connectivity index (χ1v) is 5.88. The van der Waals surface area contributed by atoms with Gasteiger partial charge in [0.25, 0.3) is 5.69 Å². The van der Waals surface area contributed by atoms with Crippen LogP contribution in [0.2, 0.25) is 0 Å². The first kappa shape index (κ1) is 12.8. The van der Waals surface area contributed by atoms with Crippen LogP contribution in [0.3, 0.4) is 0 Å². The van der Waals surface area contributed by atoms with Crippen molar-refractivity contribution in [2.45, 2.75) is 13.0 Å². The zero-order valence-corrected chi connectivity index (χ0v) is 10.2. The van der Waals surface area contributed by atoms with Gasteiger partial charge >= 0.3 is 0 Å². The van der Waals surface area contributed by atoms with E-state index in [1.165, 1.54) is 6.07 Å². The summed E-state index contributed by atoms with van der Waals surface area (Å²) in [6.07, 6.45) is -0.706. The van der Waals surface area contributed by atoms with Crippen LogP contribution in [0.15, 0.2) is 18.2 Å². The van der Waals surface area contributed by atoms with E-state index in [0.29, 0.717) is 37.6 Å². The van der Waals surface area contributed by atoms with Gasteiger partial charge in [0.1, 0.15) is 5.69 Å². The van der Waals surface area contributed by atoms with E-state index in [2.05, 4.69) is 0 Å². The molecule has 1 atom stereocenters. The maximum atomic E-state index is 11.1. The fourth-order valence-corrected chi connectivity index (χ4v) is 2.02. The van der Waals surface area contributed by atoms with Crippen LogP contribution in [-0.2, 0) is 4.74 Å². The lowest BCUT2D eigenvalue weighted by molar-refractivity contribution is -0.384. The minimum Gasteiger partial charge on any atom is -0.389 e. The van der Waals surface area contributed by atoms with Crippen LogP contribution in [0.5, 0.6) is 0 Å². The number of ether oxygens (including phenoxy) is 1. The van der Waals surface area contributed by atoms with Gasteiger partial charge in [0.15, 0.2) is 0 Å². The van der Waals surface area contributed by atoms with Gasteiger partial charge < -0.3 is 14.7 Å². The molecule has 18 heavy (non-hydrogen) atoms. The molecule has 1 saturated heterocycles. The maximum absolute atomic E-state index is 11.1. The quantitative estimate of drug-likeness (QED) is 0.651. The van der Waals surface area contributed by atoms with Gasteiger partial charge in [-0.2, -0.15) is 0 Å². The van der Waals surface area contributed by atoms with Crippen molar-refractivity contribution in [2.75, 3.05) is 31.2 Å². The van der Waals surface area contributed by atoms with E-state index in [0.717, 1.165) is 0 Å². The molecule has 1 fully saturated rings. The number of hydrogen-bond donors (Lipinski definition) is 1. The number of hydrogen-bond acceptors (Lipinski definition) is 5. The summed E-state index contributed by atoms with van der Waals surface area (Å²) in [5.74, 6) is 0. The Kier molecular flexibility index (Phi) is 3.78. The molecule has 0 spiro atoms. The Hall–Kier alpha value is -1.66. The molecule has 0 aliphatic carbocycles. The van der Waals surface area contributed by atoms with Crippen LogP contribution in [-0.4, -0.2) is 36.3 Å². The third-order valence-electron chi connectivity index (χ3n) is 3.03. The molecule has 1 N–H and O–H groups in total. The van der Waals surface area contributed by atoms with Crippen LogP contribution < -0.4 is 4.90 Å². The molecule has 2 rings (SSSR count). The number of aliphatic hydroxyl groups excluding tert-OH is 1. The van der Waals surface area contributed by atoms with Gasteiger partial charge in [-0.3, -0.25) is 10.1 Å². The Morgan fingerprint density at radius 2 is 2.11 bits per heavy atom. The summed E-state index contributed by atoms with van der Waals surface area (Å²) in [6, 6.07) is 4.86. The molecule has 0 aromatic heterocycles. The van der Waals surface area contributed by atoms with E-state index in [1.54, 1.807) is 19.1 Å². The minimum absolute atomic E-state index is 0.0373. The number of nitro groups is 1. The molecule has 1 aliphatic heterocycles. The molecule has 1 aliphatic rings. The van der Waals surface area contributed by atoms with Crippen LogP contribution in [0.1, 0.15) is 18.6 Å². The van der Waals surface area contributed by atoms with Crippen molar-refractivity contribution in [1.29, 1.82) is 0 Å². The SMILES string of the molecule is C[C@H](O)c1ccc(N2CCOCC2)c([N+](=O)[O-])c1. The number of morpholine rings is 1. The van der Waals surface area contributed by atoms with Gasteiger partial charge in [-0.05, 0) is 18.6 Å². The van der Waals surface area contributed by atoms with Crippen molar-refractivity contribution >= 4 is 11.4 Å². The summed E-state index contributed by atoms with van der Waals surface area (Å²) in [5, 5.41) is 20.6. The molecule has 1 aromatic rings. The predicted octanol–water partition coefficient (Wildman–Crippen LogP) is 1.48. The smallest absolute Gasteiger partial charge is 0.292 e. The zero-order valence-electron chi connectivity index (χ0n) is 10.2. The standard InChI is InChI=1S/C12H16N2O4/c1-9(15)10-2-3-11(12(8-10)14(16)17)13-4-6-18-7-5-13/h2-3,8-9,15H,4-7H2,1H3/t9-/m0/s1. The van der Waals surface area contributed by atoms with E-state index in [-0.39, 0.29) is 5.69 Å². The van der Waals surface area contributed by atoms with E-state index in [9.17, 15) is 15.2 Å². The molecule has 6 nitrogen and oxygen atoms in total.